The second kappa shape index (κ2) is 5.30. The predicted octanol–water partition coefficient (Wildman–Crippen LogP) is -1.56. The number of carbonyl (C=O) groups is 1. The van der Waals surface area contributed by atoms with Crippen LogP contribution in [0.2, 0.25) is 0 Å². The summed E-state index contributed by atoms with van der Waals surface area (Å²) in [4.78, 5) is 21.5. The fourth-order valence-corrected chi connectivity index (χ4v) is 1.95. The van der Waals surface area contributed by atoms with Crippen LogP contribution in [-0.2, 0) is 4.79 Å². The van der Waals surface area contributed by atoms with E-state index in [1.54, 1.807) is 4.90 Å². The molecule has 18 heavy (non-hydrogen) atoms. The third kappa shape index (κ3) is 2.42. The molecule has 0 aromatic heterocycles. The number of halogens is 1. The van der Waals surface area contributed by atoms with E-state index in [1.165, 1.54) is 6.34 Å². The minimum absolute atomic E-state index is 0.0703. The van der Waals surface area contributed by atoms with Crippen LogP contribution in [0.15, 0.2) is 9.98 Å². The highest BCUT2D eigenvalue weighted by Crippen LogP contribution is 2.19. The number of fused-ring (bicyclic) bond motifs is 1. The fraction of sp³-hybridized carbons (Fsp3) is 0.700. The number of aliphatic imine (C=N–C) groups is 2. The molecule has 2 aliphatic rings. The van der Waals surface area contributed by atoms with Gasteiger partial charge in [0.2, 0.25) is 0 Å². The van der Waals surface area contributed by atoms with Gasteiger partial charge in [-0.25, -0.2) is 4.99 Å². The maximum absolute atomic E-state index is 12.5. The largest absolute Gasteiger partial charge is 0.396 e. The van der Waals surface area contributed by atoms with E-state index in [-0.39, 0.29) is 18.5 Å². The van der Waals surface area contributed by atoms with Crippen molar-refractivity contribution < 1.29 is 14.3 Å². The summed E-state index contributed by atoms with van der Waals surface area (Å²) < 4.78 is 12.5. The van der Waals surface area contributed by atoms with Crippen LogP contribution in [0.1, 0.15) is 6.42 Å². The Morgan fingerprint density at radius 1 is 1.67 bits per heavy atom. The van der Waals surface area contributed by atoms with E-state index in [4.69, 9.17) is 10.8 Å². The molecule has 0 aromatic rings. The van der Waals surface area contributed by atoms with Crippen molar-refractivity contribution in [1.29, 1.82) is 0 Å². The Morgan fingerprint density at radius 2 is 2.44 bits per heavy atom. The van der Waals surface area contributed by atoms with Gasteiger partial charge >= 0.3 is 0 Å². The third-order valence-corrected chi connectivity index (χ3v) is 3.06. The van der Waals surface area contributed by atoms with Gasteiger partial charge in [-0.1, -0.05) is 0 Å². The molecule has 4 N–H and O–H groups in total. The lowest BCUT2D eigenvalue weighted by molar-refractivity contribution is -0.122. The summed E-state index contributed by atoms with van der Waals surface area (Å²) in [5.74, 6) is -0.604. The highest BCUT2D eigenvalue weighted by atomic mass is 18.2. The van der Waals surface area contributed by atoms with Gasteiger partial charge in [0.15, 0.2) is 18.2 Å². The van der Waals surface area contributed by atoms with Crippen molar-refractivity contribution >= 4 is 18.2 Å². The molecule has 3 atom stereocenters. The highest BCUT2D eigenvalue weighted by Gasteiger charge is 2.39. The second-order valence-corrected chi connectivity index (χ2v) is 4.36. The third-order valence-electron chi connectivity index (χ3n) is 3.06. The smallest absolute Gasteiger partial charge is 0.255 e. The molecule has 0 aromatic carbocycles. The van der Waals surface area contributed by atoms with Crippen molar-refractivity contribution in [2.45, 2.75) is 18.6 Å². The molecule has 0 bridgehead atoms. The van der Waals surface area contributed by atoms with Crippen LogP contribution in [0.5, 0.6) is 0 Å². The van der Waals surface area contributed by atoms with E-state index in [1.807, 2.05) is 0 Å². The van der Waals surface area contributed by atoms with Gasteiger partial charge < -0.3 is 15.7 Å². The number of hydrogen-bond acceptors (Lipinski definition) is 6. The fourth-order valence-electron chi connectivity index (χ4n) is 1.95. The van der Waals surface area contributed by atoms with Crippen molar-refractivity contribution in [3.05, 3.63) is 0 Å². The molecule has 0 aliphatic carbocycles. The molecule has 0 spiro atoms. The Hall–Kier alpha value is -1.70. The van der Waals surface area contributed by atoms with Crippen molar-refractivity contribution in [2.24, 2.45) is 21.6 Å². The van der Waals surface area contributed by atoms with Gasteiger partial charge in [-0.2, -0.15) is 0 Å². The first-order chi connectivity index (χ1) is 8.65. The number of nitrogens with two attached hydrogens (primary N) is 1. The number of carbonyl (C=O) groups excluding carboxylic acids is 1. The van der Waals surface area contributed by atoms with E-state index in [2.05, 4.69) is 15.3 Å². The molecule has 0 saturated carbocycles. The molecule has 0 radical (unpaired) electrons. The highest BCUT2D eigenvalue weighted by molar-refractivity contribution is 6.02. The van der Waals surface area contributed by atoms with Crippen LogP contribution >= 0.6 is 0 Å². The summed E-state index contributed by atoms with van der Waals surface area (Å²) in [6.45, 7) is -0.285. The molecular weight excluding hydrogens is 240 g/mol. The quantitative estimate of drug-likeness (QED) is 0.553. The average Bonchev–Trinajstić information content (AvgIpc) is 2.74. The molecule has 8 heteroatoms. The van der Waals surface area contributed by atoms with Crippen LogP contribution in [-0.4, -0.2) is 60.2 Å². The van der Waals surface area contributed by atoms with Gasteiger partial charge in [0, 0.05) is 19.1 Å². The number of alkyl halides is 1. The molecule has 1 amide bonds. The van der Waals surface area contributed by atoms with Crippen LogP contribution in [0, 0.1) is 5.92 Å². The Bertz CT molecular complexity index is 382. The molecule has 0 saturated heterocycles. The summed E-state index contributed by atoms with van der Waals surface area (Å²) in [6.07, 6.45) is 1.56. The number of nitrogens with one attached hydrogen (secondary N) is 1. The lowest BCUT2D eigenvalue weighted by Crippen LogP contribution is -2.53. The molecular formula is C10H16FN5O2. The number of aliphatic hydroxyl groups is 1. The average molecular weight is 256 g/mol. The second-order valence-electron chi connectivity index (χ2n) is 4.36. The van der Waals surface area contributed by atoms with Crippen molar-refractivity contribution in [1.82, 2.24) is 10.2 Å². The SMILES string of the molecule is NC1=NC2C(N=CN2CCC(CO)C[18F])C(=O)N1. The van der Waals surface area contributed by atoms with Gasteiger partial charge in [-0.3, -0.25) is 19.5 Å². The Kier molecular flexibility index (Phi) is 3.75. The van der Waals surface area contributed by atoms with Gasteiger partial charge in [-0.05, 0) is 6.42 Å². The normalized spacial score (nSPS) is 27.8. The van der Waals surface area contributed by atoms with Gasteiger partial charge in [-0.15, -0.1) is 0 Å². The van der Waals surface area contributed by atoms with Gasteiger partial charge in [0.05, 0.1) is 13.0 Å². The standard InChI is InChI=1S/C10H16FN5O2/c11-3-6(4-17)1-2-16-5-13-7-8(16)14-10(12)15-9(7)18/h5-8,17H,1-4H2,(H3,12,14,15,18)/i11-1. The number of amides is 1. The van der Waals surface area contributed by atoms with Gasteiger partial charge in [0.1, 0.15) is 0 Å². The molecule has 2 aliphatic heterocycles. The number of hydrogen-bond donors (Lipinski definition) is 3. The summed E-state index contributed by atoms with van der Waals surface area (Å²) >= 11 is 0. The first-order valence-corrected chi connectivity index (χ1v) is 5.75. The van der Waals surface area contributed by atoms with Gasteiger partial charge in [0.25, 0.3) is 5.91 Å². The van der Waals surface area contributed by atoms with E-state index in [9.17, 15) is 9.18 Å². The zero-order chi connectivity index (χ0) is 13.1. The molecule has 2 heterocycles. The Balaban J connectivity index is 1.97. The lowest BCUT2D eigenvalue weighted by Gasteiger charge is -2.28. The minimum Gasteiger partial charge on any atom is -0.396 e. The van der Waals surface area contributed by atoms with Crippen molar-refractivity contribution in [3.8, 4) is 0 Å². The Labute approximate surface area is 104 Å². The maximum Gasteiger partial charge on any atom is 0.255 e. The van der Waals surface area contributed by atoms with Crippen LogP contribution < -0.4 is 11.1 Å². The minimum atomic E-state index is -0.588. The van der Waals surface area contributed by atoms with Crippen LogP contribution in [0.3, 0.4) is 0 Å². The van der Waals surface area contributed by atoms with Crippen molar-refractivity contribution in [3.63, 3.8) is 0 Å². The summed E-state index contributed by atoms with van der Waals surface area (Å²) in [5, 5.41) is 11.3. The van der Waals surface area contributed by atoms with Crippen LogP contribution in [0.25, 0.3) is 0 Å². The summed E-state index contributed by atoms with van der Waals surface area (Å²) in [6, 6.07) is -0.588. The Morgan fingerprint density at radius 3 is 3.11 bits per heavy atom. The van der Waals surface area contributed by atoms with E-state index < -0.39 is 24.8 Å². The summed E-state index contributed by atoms with van der Waals surface area (Å²) in [5.41, 5.74) is 5.49. The number of aliphatic hydroxyl groups excluding tert-OH is 1. The molecule has 2 rings (SSSR count). The first-order valence-electron chi connectivity index (χ1n) is 5.75. The van der Waals surface area contributed by atoms with E-state index >= 15 is 0 Å². The molecule has 3 unspecified atom stereocenters. The van der Waals surface area contributed by atoms with E-state index in [0.717, 1.165) is 0 Å². The number of guanidine groups is 1. The maximum atomic E-state index is 12.5. The van der Waals surface area contributed by atoms with Crippen LogP contribution in [0.4, 0.5) is 4.39 Å². The lowest BCUT2D eigenvalue weighted by atomic mass is 10.1. The zero-order valence-corrected chi connectivity index (χ0v) is 9.79. The predicted molar refractivity (Wildman–Crippen MR) is 63.7 cm³/mol. The number of rotatable bonds is 5. The molecule has 7 nitrogen and oxygen atoms in total. The topological polar surface area (TPSA) is 103 Å². The monoisotopic (exact) mass is 256 g/mol. The number of nitrogens with zero attached hydrogens (tertiary/aromatic N) is 3. The van der Waals surface area contributed by atoms with Crippen molar-refractivity contribution in [2.75, 3.05) is 19.8 Å². The summed E-state index contributed by atoms with van der Waals surface area (Å²) in [7, 11) is 0. The van der Waals surface area contributed by atoms with E-state index in [0.29, 0.717) is 13.0 Å². The molecule has 100 valence electrons. The molecule has 0 fully saturated rings. The first kappa shape index (κ1) is 12.7. The zero-order valence-electron chi connectivity index (χ0n) is 9.79.